The molecular weight excluding hydrogens is 144 g/mol. The molecule has 0 aromatic heterocycles. The van der Waals surface area contributed by atoms with Gasteiger partial charge in [-0.15, -0.1) is 11.8 Å². The summed E-state index contributed by atoms with van der Waals surface area (Å²) >= 11 is 0. The first-order valence-corrected chi connectivity index (χ1v) is 4.98. The Kier molecular flexibility index (Phi) is 2.21. The minimum Gasteiger partial charge on any atom is -0.107 e. The van der Waals surface area contributed by atoms with Crippen LogP contribution in [-0.4, -0.2) is 0 Å². The molecule has 2 rings (SSSR count). The Bertz CT molecular complexity index is 238. The highest BCUT2D eigenvalue weighted by Gasteiger charge is 2.34. The molecule has 0 aliphatic heterocycles. The Morgan fingerprint density at radius 3 is 2.83 bits per heavy atom. The van der Waals surface area contributed by atoms with Crippen molar-refractivity contribution in [2.24, 2.45) is 17.8 Å². The second-order valence-corrected chi connectivity index (χ2v) is 4.01. The Balaban J connectivity index is 1.82. The van der Waals surface area contributed by atoms with E-state index in [0.717, 1.165) is 24.2 Å². The van der Waals surface area contributed by atoms with E-state index >= 15 is 0 Å². The zero-order valence-corrected chi connectivity index (χ0v) is 7.72. The van der Waals surface area contributed by atoms with E-state index in [1.54, 1.807) is 0 Å². The van der Waals surface area contributed by atoms with E-state index in [1.807, 2.05) is 6.92 Å². The summed E-state index contributed by atoms with van der Waals surface area (Å²) in [7, 11) is 0. The van der Waals surface area contributed by atoms with Crippen LogP contribution in [0.15, 0.2) is 12.2 Å². The Labute approximate surface area is 75.1 Å². The average molecular weight is 160 g/mol. The van der Waals surface area contributed by atoms with E-state index in [-0.39, 0.29) is 0 Å². The van der Waals surface area contributed by atoms with Gasteiger partial charge >= 0.3 is 0 Å². The third-order valence-electron chi connectivity index (χ3n) is 3.23. The van der Waals surface area contributed by atoms with Gasteiger partial charge in [-0.2, -0.15) is 0 Å². The molecule has 64 valence electrons. The monoisotopic (exact) mass is 160 g/mol. The van der Waals surface area contributed by atoms with Gasteiger partial charge in [-0.3, -0.25) is 0 Å². The summed E-state index contributed by atoms with van der Waals surface area (Å²) in [6.45, 7) is 1.93. The van der Waals surface area contributed by atoms with E-state index in [1.165, 1.54) is 19.3 Å². The molecule has 1 fully saturated rings. The molecule has 2 aliphatic rings. The molecule has 1 saturated carbocycles. The zero-order chi connectivity index (χ0) is 8.39. The molecule has 0 heteroatoms. The quantitative estimate of drug-likeness (QED) is 0.430. The van der Waals surface area contributed by atoms with Crippen molar-refractivity contribution in [3.05, 3.63) is 12.2 Å². The topological polar surface area (TPSA) is 0 Å². The smallest absolute Gasteiger partial charge is 0.00914 e. The van der Waals surface area contributed by atoms with E-state index in [2.05, 4.69) is 24.0 Å². The van der Waals surface area contributed by atoms with Crippen molar-refractivity contribution in [3.8, 4) is 11.8 Å². The van der Waals surface area contributed by atoms with Gasteiger partial charge in [0.2, 0.25) is 0 Å². The number of rotatable bonds is 2. The molecule has 2 aliphatic carbocycles. The molecule has 0 saturated heterocycles. The largest absolute Gasteiger partial charge is 0.107 e. The normalized spacial score (nSPS) is 36.6. The Morgan fingerprint density at radius 1 is 1.33 bits per heavy atom. The van der Waals surface area contributed by atoms with Crippen molar-refractivity contribution in [3.63, 3.8) is 0 Å². The average Bonchev–Trinajstić information content (AvgIpc) is 2.65. The van der Waals surface area contributed by atoms with E-state index < -0.39 is 0 Å². The highest BCUT2D eigenvalue weighted by molar-refractivity contribution is 5.10. The van der Waals surface area contributed by atoms with Gasteiger partial charge in [-0.05, 0) is 43.9 Å². The first kappa shape index (κ1) is 7.92. The first-order valence-electron chi connectivity index (χ1n) is 4.98. The van der Waals surface area contributed by atoms with Crippen LogP contribution in [-0.2, 0) is 0 Å². The number of hydrogen-bond donors (Lipinski definition) is 0. The molecule has 0 heterocycles. The molecule has 0 spiro atoms. The van der Waals surface area contributed by atoms with Gasteiger partial charge < -0.3 is 0 Å². The molecule has 12 heavy (non-hydrogen) atoms. The Morgan fingerprint density at radius 2 is 2.25 bits per heavy atom. The summed E-state index contributed by atoms with van der Waals surface area (Å²) in [6.07, 6.45) is 10.1. The summed E-state index contributed by atoms with van der Waals surface area (Å²) in [6, 6.07) is 0. The second-order valence-electron chi connectivity index (χ2n) is 4.01. The molecule has 2 bridgehead atoms. The maximum absolute atomic E-state index is 3.16. The third kappa shape index (κ3) is 1.41. The molecular formula is C12H16. The van der Waals surface area contributed by atoms with Crippen LogP contribution < -0.4 is 0 Å². The fourth-order valence-corrected chi connectivity index (χ4v) is 2.61. The van der Waals surface area contributed by atoms with Crippen molar-refractivity contribution in [1.29, 1.82) is 0 Å². The van der Waals surface area contributed by atoms with Gasteiger partial charge in [0.05, 0.1) is 0 Å². The summed E-state index contributed by atoms with van der Waals surface area (Å²) in [5.74, 6) is 8.92. The molecule has 0 radical (unpaired) electrons. The van der Waals surface area contributed by atoms with Gasteiger partial charge in [-0.25, -0.2) is 0 Å². The van der Waals surface area contributed by atoms with Crippen LogP contribution in [0.3, 0.4) is 0 Å². The lowest BCUT2D eigenvalue weighted by atomic mass is 9.89. The van der Waals surface area contributed by atoms with Crippen molar-refractivity contribution in [1.82, 2.24) is 0 Å². The molecule has 0 aromatic rings. The predicted octanol–water partition coefficient (Wildman–Crippen LogP) is 3.00. The third-order valence-corrected chi connectivity index (χ3v) is 3.23. The predicted molar refractivity (Wildman–Crippen MR) is 51.5 cm³/mol. The van der Waals surface area contributed by atoms with Crippen molar-refractivity contribution < 1.29 is 0 Å². The van der Waals surface area contributed by atoms with Crippen LogP contribution in [0.5, 0.6) is 0 Å². The molecule has 0 N–H and O–H groups in total. The lowest BCUT2D eigenvalue weighted by Gasteiger charge is -2.15. The van der Waals surface area contributed by atoms with Crippen LogP contribution in [0.25, 0.3) is 0 Å². The molecule has 3 unspecified atom stereocenters. The fraction of sp³-hybridized carbons (Fsp3) is 0.667. The molecule has 0 amide bonds. The van der Waals surface area contributed by atoms with Crippen LogP contribution in [0.1, 0.15) is 32.6 Å². The van der Waals surface area contributed by atoms with E-state index in [9.17, 15) is 0 Å². The van der Waals surface area contributed by atoms with Crippen LogP contribution in [0.4, 0.5) is 0 Å². The SMILES string of the molecule is CC#CCCC1CC2C=CC1C2. The standard InChI is InChI=1S/C12H16/c1-2-3-4-5-11-8-10-6-7-12(11)9-10/h6-7,10-12H,4-5,8-9H2,1H3. The zero-order valence-electron chi connectivity index (χ0n) is 7.72. The van der Waals surface area contributed by atoms with Gasteiger partial charge in [-0.1, -0.05) is 12.2 Å². The van der Waals surface area contributed by atoms with Crippen LogP contribution in [0, 0.1) is 29.6 Å². The highest BCUT2D eigenvalue weighted by Crippen LogP contribution is 2.45. The number of fused-ring (bicyclic) bond motifs is 2. The van der Waals surface area contributed by atoms with Gasteiger partial charge in [0, 0.05) is 6.42 Å². The van der Waals surface area contributed by atoms with E-state index in [0.29, 0.717) is 0 Å². The summed E-state index contributed by atoms with van der Waals surface area (Å²) in [4.78, 5) is 0. The maximum atomic E-state index is 3.16. The second kappa shape index (κ2) is 3.35. The summed E-state index contributed by atoms with van der Waals surface area (Å²) in [5, 5.41) is 0. The van der Waals surface area contributed by atoms with Crippen LogP contribution >= 0.6 is 0 Å². The Hall–Kier alpha value is -0.700. The first-order chi connectivity index (χ1) is 5.90. The fourth-order valence-electron chi connectivity index (χ4n) is 2.61. The van der Waals surface area contributed by atoms with Gasteiger partial charge in [0.25, 0.3) is 0 Å². The number of hydrogen-bond acceptors (Lipinski definition) is 0. The lowest BCUT2D eigenvalue weighted by Crippen LogP contribution is -2.05. The van der Waals surface area contributed by atoms with Crippen LogP contribution in [0.2, 0.25) is 0 Å². The number of allylic oxidation sites excluding steroid dienone is 2. The van der Waals surface area contributed by atoms with Crippen molar-refractivity contribution in [2.45, 2.75) is 32.6 Å². The van der Waals surface area contributed by atoms with E-state index in [4.69, 9.17) is 0 Å². The van der Waals surface area contributed by atoms with Crippen molar-refractivity contribution >= 4 is 0 Å². The molecule has 0 nitrogen and oxygen atoms in total. The lowest BCUT2D eigenvalue weighted by molar-refractivity contribution is 0.422. The summed E-state index contributed by atoms with van der Waals surface area (Å²) in [5.41, 5.74) is 0. The van der Waals surface area contributed by atoms with Gasteiger partial charge in [0.1, 0.15) is 0 Å². The maximum Gasteiger partial charge on any atom is 0.00914 e. The molecule has 0 aromatic carbocycles. The minimum absolute atomic E-state index is 0.911. The van der Waals surface area contributed by atoms with Gasteiger partial charge in [0.15, 0.2) is 0 Å². The van der Waals surface area contributed by atoms with Crippen molar-refractivity contribution in [2.75, 3.05) is 0 Å². The molecule has 3 atom stereocenters. The minimum atomic E-state index is 0.911. The highest BCUT2D eigenvalue weighted by atomic mass is 14.4. The summed E-state index contributed by atoms with van der Waals surface area (Å²) < 4.78 is 0.